The van der Waals surface area contributed by atoms with Crippen LogP contribution in [-0.4, -0.2) is 17.7 Å². The van der Waals surface area contributed by atoms with Crippen molar-refractivity contribution in [2.45, 2.75) is 30.9 Å². The molecule has 2 rings (SSSR count). The molecule has 0 saturated heterocycles. The first-order valence-corrected chi connectivity index (χ1v) is 5.41. The van der Waals surface area contributed by atoms with Gasteiger partial charge in [-0.2, -0.15) is 0 Å². The molecular weight excluding hydrogens is 184 g/mol. The molecule has 3 nitrogen and oxygen atoms in total. The van der Waals surface area contributed by atoms with E-state index >= 15 is 0 Å². The summed E-state index contributed by atoms with van der Waals surface area (Å²) in [5, 5.41) is 2.00. The average Bonchev–Trinajstić information content (AvgIpc) is 2.54. The van der Waals surface area contributed by atoms with Crippen molar-refractivity contribution in [2.24, 2.45) is 5.73 Å². The number of nitrogens with zero attached hydrogens (tertiary/aromatic N) is 1. The van der Waals surface area contributed by atoms with E-state index in [1.165, 1.54) is 6.42 Å². The van der Waals surface area contributed by atoms with E-state index in [4.69, 9.17) is 10.5 Å². The maximum atomic E-state index is 6.11. The van der Waals surface area contributed by atoms with Crippen molar-refractivity contribution in [1.29, 1.82) is 0 Å². The molecule has 0 radical (unpaired) electrons. The van der Waals surface area contributed by atoms with Gasteiger partial charge in [-0.05, 0) is 19.3 Å². The van der Waals surface area contributed by atoms with Gasteiger partial charge in [-0.3, -0.25) is 0 Å². The second-order valence-corrected chi connectivity index (χ2v) is 4.23. The Morgan fingerprint density at radius 1 is 1.69 bits per heavy atom. The Balaban J connectivity index is 2.16. The Hall–Kier alpha value is -0.450. The summed E-state index contributed by atoms with van der Waals surface area (Å²) >= 11 is 1.58. The molecule has 4 heteroatoms. The van der Waals surface area contributed by atoms with Gasteiger partial charge in [0.15, 0.2) is 0 Å². The smallest absolute Gasteiger partial charge is 0.0886 e. The summed E-state index contributed by atoms with van der Waals surface area (Å²) in [5.74, 6) is 0. The van der Waals surface area contributed by atoms with Crippen molar-refractivity contribution >= 4 is 11.3 Å². The van der Waals surface area contributed by atoms with E-state index in [9.17, 15) is 0 Å². The van der Waals surface area contributed by atoms with Crippen LogP contribution in [0.5, 0.6) is 0 Å². The number of hydrogen-bond acceptors (Lipinski definition) is 4. The lowest BCUT2D eigenvalue weighted by atomic mass is 9.74. The number of rotatable bonds is 3. The number of methoxy groups -OCH3 is 1. The summed E-state index contributed by atoms with van der Waals surface area (Å²) in [4.78, 5) is 4.23. The largest absolute Gasteiger partial charge is 0.376 e. The topological polar surface area (TPSA) is 48.1 Å². The van der Waals surface area contributed by atoms with Crippen LogP contribution in [0.25, 0.3) is 0 Å². The number of nitrogens with two attached hydrogens (primary N) is 1. The van der Waals surface area contributed by atoms with Crippen molar-refractivity contribution in [2.75, 3.05) is 7.11 Å². The van der Waals surface area contributed by atoms with Gasteiger partial charge in [-0.15, -0.1) is 11.3 Å². The van der Waals surface area contributed by atoms with E-state index in [-0.39, 0.29) is 11.6 Å². The molecule has 0 bridgehead atoms. The molecule has 1 aromatic heterocycles. The van der Waals surface area contributed by atoms with Gasteiger partial charge >= 0.3 is 0 Å². The molecular formula is C9H14N2OS. The van der Waals surface area contributed by atoms with Crippen LogP contribution >= 0.6 is 11.3 Å². The highest BCUT2D eigenvalue weighted by Gasteiger charge is 2.44. The lowest BCUT2D eigenvalue weighted by molar-refractivity contribution is -0.0918. The molecule has 1 aliphatic carbocycles. The molecule has 1 saturated carbocycles. The molecule has 13 heavy (non-hydrogen) atoms. The van der Waals surface area contributed by atoms with Crippen LogP contribution < -0.4 is 5.73 Å². The first-order valence-electron chi connectivity index (χ1n) is 4.47. The van der Waals surface area contributed by atoms with E-state index < -0.39 is 0 Å². The fraction of sp³-hybridized carbons (Fsp3) is 0.667. The van der Waals surface area contributed by atoms with Gasteiger partial charge in [-0.1, -0.05) is 0 Å². The predicted octanol–water partition coefficient (Wildman–Crippen LogP) is 1.71. The summed E-state index contributed by atoms with van der Waals surface area (Å²) in [6.07, 6.45) is 3.33. The van der Waals surface area contributed by atoms with Crippen LogP contribution in [0.3, 0.4) is 0 Å². The molecule has 1 fully saturated rings. The maximum Gasteiger partial charge on any atom is 0.0886 e. The Kier molecular flexibility index (Phi) is 2.36. The third-order valence-electron chi connectivity index (χ3n) is 2.94. The highest BCUT2D eigenvalue weighted by atomic mass is 32.1. The SMILES string of the molecule is COC1(C(N)c2cscn2)CCC1. The summed E-state index contributed by atoms with van der Waals surface area (Å²) < 4.78 is 5.50. The lowest BCUT2D eigenvalue weighted by Crippen LogP contribution is -2.48. The zero-order chi connectivity index (χ0) is 9.31. The van der Waals surface area contributed by atoms with Gasteiger partial charge in [0.1, 0.15) is 0 Å². The minimum atomic E-state index is -0.131. The molecule has 2 N–H and O–H groups in total. The van der Waals surface area contributed by atoms with Gasteiger partial charge < -0.3 is 10.5 Å². The second kappa shape index (κ2) is 3.36. The molecule has 0 amide bonds. The molecule has 1 aliphatic rings. The Morgan fingerprint density at radius 3 is 2.85 bits per heavy atom. The van der Waals surface area contributed by atoms with E-state index in [0.29, 0.717) is 0 Å². The van der Waals surface area contributed by atoms with E-state index in [1.807, 2.05) is 10.9 Å². The lowest BCUT2D eigenvalue weighted by Gasteiger charge is -2.44. The third kappa shape index (κ3) is 1.39. The fourth-order valence-electron chi connectivity index (χ4n) is 1.81. The zero-order valence-corrected chi connectivity index (χ0v) is 8.51. The Morgan fingerprint density at radius 2 is 2.46 bits per heavy atom. The molecule has 0 spiro atoms. The summed E-state index contributed by atoms with van der Waals surface area (Å²) in [6.45, 7) is 0. The van der Waals surface area contributed by atoms with Gasteiger partial charge in [0, 0.05) is 12.5 Å². The zero-order valence-electron chi connectivity index (χ0n) is 7.69. The van der Waals surface area contributed by atoms with Crippen molar-refractivity contribution in [3.8, 4) is 0 Å². The Labute approximate surface area is 81.9 Å². The van der Waals surface area contributed by atoms with Crippen LogP contribution in [0.15, 0.2) is 10.9 Å². The molecule has 1 unspecified atom stereocenters. The van der Waals surface area contributed by atoms with Crippen molar-refractivity contribution in [3.63, 3.8) is 0 Å². The highest BCUT2D eigenvalue weighted by molar-refractivity contribution is 7.07. The van der Waals surface area contributed by atoms with Crippen LogP contribution in [0.1, 0.15) is 31.0 Å². The summed E-state index contributed by atoms with van der Waals surface area (Å²) in [5.41, 5.74) is 8.76. The number of hydrogen-bond donors (Lipinski definition) is 1. The molecule has 0 aromatic carbocycles. The monoisotopic (exact) mass is 198 g/mol. The number of thiazole rings is 1. The Bertz CT molecular complexity index is 264. The second-order valence-electron chi connectivity index (χ2n) is 3.51. The molecule has 72 valence electrons. The average molecular weight is 198 g/mol. The molecule has 1 atom stereocenters. The van der Waals surface area contributed by atoms with Crippen LogP contribution in [0.4, 0.5) is 0 Å². The molecule has 0 aliphatic heterocycles. The van der Waals surface area contributed by atoms with Crippen molar-refractivity contribution in [3.05, 3.63) is 16.6 Å². The van der Waals surface area contributed by atoms with Crippen LogP contribution in [0, 0.1) is 0 Å². The first-order chi connectivity index (χ1) is 6.28. The fourth-order valence-corrected chi connectivity index (χ4v) is 2.40. The highest BCUT2D eigenvalue weighted by Crippen LogP contribution is 2.43. The summed E-state index contributed by atoms with van der Waals surface area (Å²) in [7, 11) is 1.74. The quantitative estimate of drug-likeness (QED) is 0.804. The van der Waals surface area contributed by atoms with Crippen molar-refractivity contribution < 1.29 is 4.74 Å². The molecule has 1 heterocycles. The minimum absolute atomic E-state index is 0.0579. The first kappa shape index (κ1) is 9.12. The van der Waals surface area contributed by atoms with Crippen molar-refractivity contribution in [1.82, 2.24) is 4.98 Å². The normalized spacial score (nSPS) is 22.3. The molecule has 1 aromatic rings. The van der Waals surface area contributed by atoms with E-state index in [0.717, 1.165) is 18.5 Å². The van der Waals surface area contributed by atoms with Crippen LogP contribution in [-0.2, 0) is 4.74 Å². The van der Waals surface area contributed by atoms with Crippen LogP contribution in [0.2, 0.25) is 0 Å². The van der Waals surface area contributed by atoms with Gasteiger partial charge in [0.05, 0.1) is 22.8 Å². The van der Waals surface area contributed by atoms with Gasteiger partial charge in [-0.25, -0.2) is 4.98 Å². The predicted molar refractivity (Wildman–Crippen MR) is 52.6 cm³/mol. The van der Waals surface area contributed by atoms with E-state index in [1.54, 1.807) is 18.4 Å². The minimum Gasteiger partial charge on any atom is -0.376 e. The maximum absolute atomic E-state index is 6.11. The van der Waals surface area contributed by atoms with Gasteiger partial charge in [0.25, 0.3) is 0 Å². The standard InChI is InChI=1S/C9H14N2OS/c1-12-9(3-2-4-9)8(10)7-5-13-6-11-7/h5-6,8H,2-4,10H2,1H3. The van der Waals surface area contributed by atoms with Gasteiger partial charge in [0.2, 0.25) is 0 Å². The summed E-state index contributed by atoms with van der Waals surface area (Å²) in [6, 6.07) is -0.0579. The number of aromatic nitrogens is 1. The number of ether oxygens (including phenoxy) is 1. The third-order valence-corrected chi connectivity index (χ3v) is 3.55. The van der Waals surface area contributed by atoms with E-state index in [2.05, 4.69) is 4.98 Å².